The third kappa shape index (κ3) is 11.2. The molecule has 4 atom stereocenters. The molecule has 0 saturated heterocycles. The molecule has 0 aliphatic heterocycles. The number of hydrogen-bond acceptors (Lipinski definition) is 7. The van der Waals surface area contributed by atoms with Crippen molar-refractivity contribution >= 4 is 22.8 Å². The van der Waals surface area contributed by atoms with E-state index in [0.717, 1.165) is 21.9 Å². The molecule has 5 N–H and O–H groups in total. The molecule has 0 aliphatic carbocycles. The van der Waals surface area contributed by atoms with E-state index in [4.69, 9.17) is 9.47 Å². The predicted octanol–water partition coefficient (Wildman–Crippen LogP) is 4.39. The van der Waals surface area contributed by atoms with Crippen molar-refractivity contribution in [3.8, 4) is 5.75 Å². The quantitative estimate of drug-likeness (QED) is 0.132. The van der Waals surface area contributed by atoms with Gasteiger partial charge < -0.3 is 35.6 Å². The number of aliphatic hydroxyl groups is 2. The van der Waals surface area contributed by atoms with Crippen molar-refractivity contribution in [2.45, 2.75) is 63.5 Å². The highest BCUT2D eigenvalue weighted by atomic mass is 16.6. The lowest BCUT2D eigenvalue weighted by atomic mass is 10.00. The number of ether oxygens (including phenoxy) is 2. The number of carbonyl (C=O) groups is 2. The van der Waals surface area contributed by atoms with E-state index in [1.54, 1.807) is 20.8 Å². The SMILES string of the molecule is CC(C)(C)OC(=O)N[C@@H](Cc1ccccc1)[C@H](O)CNC[C@@H](O)[C@H](Cc1ccccc1)NC(=O)COc1cccc2ccccc12. The van der Waals surface area contributed by atoms with Gasteiger partial charge in [-0.1, -0.05) is 97.1 Å². The standard InChI is InChI=1S/C37H45N3O6/c1-37(2,3)46-36(44)40-31(22-27-15-8-5-9-16-27)33(42)24-38-23-32(41)30(21-26-13-6-4-7-14-26)39-35(43)25-45-34-20-12-18-28-17-10-11-19-29(28)34/h4-20,30-33,38,41-42H,21-25H2,1-3H3,(H,39,43)(H,40,44)/t30-,31-,32+,33+/m0/s1. The van der Waals surface area contributed by atoms with E-state index in [-0.39, 0.29) is 25.6 Å². The summed E-state index contributed by atoms with van der Waals surface area (Å²) in [5, 5.41) is 33.1. The second-order valence-corrected chi connectivity index (χ2v) is 12.4. The number of amides is 2. The van der Waals surface area contributed by atoms with Crippen LogP contribution >= 0.6 is 0 Å². The van der Waals surface area contributed by atoms with Crippen LogP contribution < -0.4 is 20.7 Å². The summed E-state index contributed by atoms with van der Waals surface area (Å²) in [5.41, 5.74) is 1.21. The fourth-order valence-corrected chi connectivity index (χ4v) is 5.14. The topological polar surface area (TPSA) is 129 Å². The van der Waals surface area contributed by atoms with Crippen LogP contribution in [0.5, 0.6) is 5.75 Å². The Balaban J connectivity index is 1.36. The molecule has 0 bridgehead atoms. The first kappa shape index (κ1) is 34.4. The lowest BCUT2D eigenvalue weighted by molar-refractivity contribution is -0.124. The van der Waals surface area contributed by atoms with Gasteiger partial charge in [-0.2, -0.15) is 0 Å². The number of hydrogen-bond donors (Lipinski definition) is 5. The van der Waals surface area contributed by atoms with Crippen molar-refractivity contribution in [3.05, 3.63) is 114 Å². The maximum Gasteiger partial charge on any atom is 0.407 e. The number of benzene rings is 4. The monoisotopic (exact) mass is 627 g/mol. The zero-order valence-electron chi connectivity index (χ0n) is 26.7. The van der Waals surface area contributed by atoms with Gasteiger partial charge in [0.1, 0.15) is 11.4 Å². The molecule has 0 radical (unpaired) electrons. The highest BCUT2D eigenvalue weighted by Crippen LogP contribution is 2.25. The van der Waals surface area contributed by atoms with Gasteiger partial charge in [-0.25, -0.2) is 4.79 Å². The Morgan fingerprint density at radius 2 is 1.22 bits per heavy atom. The van der Waals surface area contributed by atoms with Crippen LogP contribution in [0.4, 0.5) is 4.79 Å². The number of aliphatic hydroxyl groups excluding tert-OH is 2. The summed E-state index contributed by atoms with van der Waals surface area (Å²) in [6, 6.07) is 31.3. The molecule has 0 heterocycles. The van der Waals surface area contributed by atoms with Gasteiger partial charge in [0.25, 0.3) is 5.91 Å². The van der Waals surface area contributed by atoms with E-state index >= 15 is 0 Å². The lowest BCUT2D eigenvalue weighted by Gasteiger charge is -2.28. The van der Waals surface area contributed by atoms with Gasteiger partial charge in [0.2, 0.25) is 0 Å². The van der Waals surface area contributed by atoms with E-state index in [1.807, 2.05) is 103 Å². The minimum absolute atomic E-state index is 0.0839. The Bertz CT molecular complexity index is 1520. The molecular formula is C37H45N3O6. The van der Waals surface area contributed by atoms with Crippen LogP contribution in [0, 0.1) is 0 Å². The number of rotatable bonds is 15. The first-order valence-corrected chi connectivity index (χ1v) is 15.6. The Morgan fingerprint density at radius 1 is 0.696 bits per heavy atom. The van der Waals surface area contributed by atoms with Crippen LogP contribution in [0.3, 0.4) is 0 Å². The van der Waals surface area contributed by atoms with Crippen molar-refractivity contribution in [1.29, 1.82) is 0 Å². The highest BCUT2D eigenvalue weighted by molar-refractivity contribution is 5.88. The van der Waals surface area contributed by atoms with Crippen LogP contribution in [0.1, 0.15) is 31.9 Å². The van der Waals surface area contributed by atoms with Gasteiger partial charge in [-0.15, -0.1) is 0 Å². The maximum atomic E-state index is 13.0. The second kappa shape index (κ2) is 16.7. The normalized spacial score (nSPS) is 14.1. The summed E-state index contributed by atoms with van der Waals surface area (Å²) in [6.45, 7) is 5.29. The first-order chi connectivity index (χ1) is 22.1. The molecule has 0 aromatic heterocycles. The molecule has 9 nitrogen and oxygen atoms in total. The Hall–Kier alpha value is -4.44. The highest BCUT2D eigenvalue weighted by Gasteiger charge is 2.26. The van der Waals surface area contributed by atoms with Crippen LogP contribution in [0.25, 0.3) is 10.8 Å². The minimum Gasteiger partial charge on any atom is -0.483 e. The van der Waals surface area contributed by atoms with E-state index < -0.39 is 36.0 Å². The van der Waals surface area contributed by atoms with Gasteiger partial charge in [0.05, 0.1) is 24.3 Å². The fourth-order valence-electron chi connectivity index (χ4n) is 5.14. The lowest BCUT2D eigenvalue weighted by Crippen LogP contribution is -2.53. The summed E-state index contributed by atoms with van der Waals surface area (Å²) in [6.07, 6.45) is -1.82. The molecule has 0 spiro atoms. The Morgan fingerprint density at radius 3 is 1.80 bits per heavy atom. The summed E-state index contributed by atoms with van der Waals surface area (Å²) < 4.78 is 11.3. The molecule has 4 aromatic carbocycles. The Kier molecular flexibility index (Phi) is 12.5. The molecule has 4 rings (SSSR count). The molecule has 0 saturated carbocycles. The van der Waals surface area contributed by atoms with Crippen molar-refractivity contribution in [2.24, 2.45) is 0 Å². The van der Waals surface area contributed by atoms with E-state index in [9.17, 15) is 19.8 Å². The zero-order valence-corrected chi connectivity index (χ0v) is 26.7. The van der Waals surface area contributed by atoms with Crippen molar-refractivity contribution < 1.29 is 29.3 Å². The van der Waals surface area contributed by atoms with Crippen LogP contribution in [-0.4, -0.2) is 71.8 Å². The van der Waals surface area contributed by atoms with Crippen LogP contribution in [-0.2, 0) is 22.4 Å². The molecule has 0 aliphatic rings. The number of fused-ring (bicyclic) bond motifs is 1. The van der Waals surface area contributed by atoms with E-state index in [0.29, 0.717) is 18.6 Å². The average Bonchev–Trinajstić information content (AvgIpc) is 3.03. The largest absolute Gasteiger partial charge is 0.483 e. The van der Waals surface area contributed by atoms with Crippen LogP contribution in [0.15, 0.2) is 103 Å². The van der Waals surface area contributed by atoms with Gasteiger partial charge in [-0.3, -0.25) is 4.79 Å². The summed E-state index contributed by atoms with van der Waals surface area (Å²) in [7, 11) is 0. The minimum atomic E-state index is -0.990. The summed E-state index contributed by atoms with van der Waals surface area (Å²) >= 11 is 0. The third-order valence-electron chi connectivity index (χ3n) is 7.39. The van der Waals surface area contributed by atoms with Gasteiger partial charge in [0, 0.05) is 18.5 Å². The molecule has 0 unspecified atom stereocenters. The number of nitrogens with one attached hydrogen (secondary N) is 3. The average molecular weight is 628 g/mol. The molecule has 244 valence electrons. The predicted molar refractivity (Wildman–Crippen MR) is 180 cm³/mol. The van der Waals surface area contributed by atoms with Gasteiger partial charge >= 0.3 is 6.09 Å². The first-order valence-electron chi connectivity index (χ1n) is 15.6. The van der Waals surface area contributed by atoms with E-state index in [2.05, 4.69) is 16.0 Å². The van der Waals surface area contributed by atoms with Gasteiger partial charge in [-0.05, 0) is 56.2 Å². The number of alkyl carbamates (subject to hydrolysis) is 1. The maximum absolute atomic E-state index is 13.0. The van der Waals surface area contributed by atoms with Crippen molar-refractivity contribution in [1.82, 2.24) is 16.0 Å². The summed E-state index contributed by atoms with van der Waals surface area (Å²) in [4.78, 5) is 25.6. The van der Waals surface area contributed by atoms with E-state index in [1.165, 1.54) is 0 Å². The summed E-state index contributed by atoms with van der Waals surface area (Å²) in [5.74, 6) is 0.242. The Labute approximate surface area is 270 Å². The smallest absolute Gasteiger partial charge is 0.407 e. The second-order valence-electron chi connectivity index (χ2n) is 12.4. The molecule has 4 aromatic rings. The molecule has 2 amide bonds. The van der Waals surface area contributed by atoms with Crippen molar-refractivity contribution in [3.63, 3.8) is 0 Å². The van der Waals surface area contributed by atoms with Gasteiger partial charge in [0.15, 0.2) is 6.61 Å². The molecular weight excluding hydrogens is 582 g/mol. The molecule has 46 heavy (non-hydrogen) atoms. The fraction of sp³-hybridized carbons (Fsp3) is 0.351. The molecule has 9 heteroatoms. The zero-order chi connectivity index (χ0) is 32.9. The third-order valence-corrected chi connectivity index (χ3v) is 7.39. The van der Waals surface area contributed by atoms with Crippen molar-refractivity contribution in [2.75, 3.05) is 19.7 Å². The number of carbonyl (C=O) groups excluding carboxylic acids is 2. The van der Waals surface area contributed by atoms with Crippen LogP contribution in [0.2, 0.25) is 0 Å². The molecule has 0 fully saturated rings.